The van der Waals surface area contributed by atoms with E-state index < -0.39 is 6.04 Å². The second kappa shape index (κ2) is 7.90. The molecule has 1 aliphatic heterocycles. The van der Waals surface area contributed by atoms with E-state index in [0.29, 0.717) is 29.4 Å². The molecular weight excluding hydrogens is 386 g/mol. The molecule has 0 spiro atoms. The van der Waals surface area contributed by atoms with E-state index >= 15 is 0 Å². The Balaban J connectivity index is 1.93. The first-order chi connectivity index (χ1) is 14.0. The number of quaternary nitrogens is 1. The molecule has 2 aromatic carbocycles. The van der Waals surface area contributed by atoms with Crippen LogP contribution in [0.1, 0.15) is 48.7 Å². The molecule has 2 N–H and O–H groups in total. The van der Waals surface area contributed by atoms with Gasteiger partial charge in [0, 0.05) is 16.7 Å². The molecule has 0 aliphatic carbocycles. The SMILES string of the molecule is [CH]c1ccc([N+]2([C@@H](CO)c3nc4cc(Cl)ccc4[nH]3)CCCCCC2=O)c(C)c1. The summed E-state index contributed by atoms with van der Waals surface area (Å²) in [5.74, 6) is 0.698. The highest BCUT2D eigenvalue weighted by atomic mass is 35.5. The van der Waals surface area contributed by atoms with Crippen molar-refractivity contribution < 1.29 is 9.90 Å². The molecule has 29 heavy (non-hydrogen) atoms. The van der Waals surface area contributed by atoms with Crippen LogP contribution in [-0.4, -0.2) is 34.1 Å². The van der Waals surface area contributed by atoms with Crippen molar-refractivity contribution >= 4 is 34.2 Å². The maximum atomic E-state index is 13.6. The van der Waals surface area contributed by atoms with Gasteiger partial charge in [-0.1, -0.05) is 17.7 Å². The summed E-state index contributed by atoms with van der Waals surface area (Å²) < 4.78 is 0.0518. The van der Waals surface area contributed by atoms with Crippen molar-refractivity contribution in [2.75, 3.05) is 13.2 Å². The number of halogens is 1. The summed E-state index contributed by atoms with van der Waals surface area (Å²) >= 11 is 6.12. The van der Waals surface area contributed by atoms with E-state index in [1.54, 1.807) is 12.1 Å². The minimum atomic E-state index is -0.533. The van der Waals surface area contributed by atoms with Gasteiger partial charge in [-0.05, 0) is 62.9 Å². The van der Waals surface area contributed by atoms with Crippen LogP contribution < -0.4 is 4.48 Å². The molecule has 1 aromatic heterocycles. The number of hydrogen-bond acceptors (Lipinski definition) is 3. The molecule has 3 aromatic rings. The maximum Gasteiger partial charge on any atom is 0.319 e. The summed E-state index contributed by atoms with van der Waals surface area (Å²) in [6.45, 7) is 8.36. The quantitative estimate of drug-likeness (QED) is 0.611. The fraction of sp³-hybridized carbons (Fsp3) is 0.348. The lowest BCUT2D eigenvalue weighted by atomic mass is 10.0. The van der Waals surface area contributed by atoms with Crippen LogP contribution in [-0.2, 0) is 4.79 Å². The molecule has 1 saturated heterocycles. The number of carbonyl (C=O) groups is 1. The Bertz CT molecular complexity index is 1060. The molecule has 2 heterocycles. The van der Waals surface area contributed by atoms with Gasteiger partial charge in [-0.25, -0.2) is 14.3 Å². The smallest absolute Gasteiger partial charge is 0.319 e. The Kier molecular flexibility index (Phi) is 5.47. The molecule has 6 heteroatoms. The number of aromatic nitrogens is 2. The highest BCUT2D eigenvalue weighted by Crippen LogP contribution is 2.41. The standard InChI is InChI=1S/C23H25ClN3O2/c1-15-7-10-20(16(2)12-15)27(11-5-3-4-6-22(27)29)21(14-28)23-25-18-9-8-17(24)13-19(18)26-23/h1,7-10,12-13,21,28H,3-6,11,14H2,2H3,(H,25,26)/q+1/t21-,27?/m0/s1. The van der Waals surface area contributed by atoms with Gasteiger partial charge in [0.05, 0.1) is 24.0 Å². The first kappa shape index (κ1) is 20.1. The van der Waals surface area contributed by atoms with Gasteiger partial charge in [-0.3, -0.25) is 0 Å². The van der Waals surface area contributed by atoms with Crippen LogP contribution in [0, 0.1) is 13.8 Å². The van der Waals surface area contributed by atoms with Crippen molar-refractivity contribution in [3.63, 3.8) is 0 Å². The second-order valence-electron chi connectivity index (χ2n) is 7.82. The Labute approximate surface area is 175 Å². The van der Waals surface area contributed by atoms with Gasteiger partial charge < -0.3 is 10.1 Å². The van der Waals surface area contributed by atoms with Gasteiger partial charge in [-0.2, -0.15) is 0 Å². The van der Waals surface area contributed by atoms with Crippen molar-refractivity contribution in [1.29, 1.82) is 0 Å². The van der Waals surface area contributed by atoms with Gasteiger partial charge in [-0.15, -0.1) is 0 Å². The van der Waals surface area contributed by atoms with Crippen LogP contribution in [0.2, 0.25) is 5.02 Å². The van der Waals surface area contributed by atoms with Gasteiger partial charge >= 0.3 is 5.91 Å². The Morgan fingerprint density at radius 1 is 1.24 bits per heavy atom. The predicted octanol–water partition coefficient (Wildman–Crippen LogP) is 4.73. The van der Waals surface area contributed by atoms with Crippen molar-refractivity contribution in [3.05, 3.63) is 65.3 Å². The lowest BCUT2D eigenvalue weighted by molar-refractivity contribution is -0.133. The molecule has 0 saturated carbocycles. The fourth-order valence-electron chi connectivity index (χ4n) is 4.61. The van der Waals surface area contributed by atoms with Crippen LogP contribution in [0.5, 0.6) is 0 Å². The number of aryl methyl sites for hydroxylation is 1. The molecule has 1 amide bonds. The van der Waals surface area contributed by atoms with Crippen LogP contribution in [0.3, 0.4) is 0 Å². The van der Waals surface area contributed by atoms with Gasteiger partial charge in [0.15, 0.2) is 11.9 Å². The van der Waals surface area contributed by atoms with Crippen molar-refractivity contribution in [1.82, 2.24) is 14.5 Å². The lowest BCUT2D eigenvalue weighted by Gasteiger charge is -2.40. The number of aliphatic hydroxyl groups excluding tert-OH is 1. The molecule has 5 nitrogen and oxygen atoms in total. The molecule has 1 fully saturated rings. The van der Waals surface area contributed by atoms with Crippen LogP contribution in [0.4, 0.5) is 5.69 Å². The number of rotatable bonds is 4. The third-order valence-corrected chi connectivity index (χ3v) is 6.22. The van der Waals surface area contributed by atoms with Gasteiger partial charge in [0.25, 0.3) is 0 Å². The number of H-pyrrole nitrogens is 1. The highest BCUT2D eigenvalue weighted by Gasteiger charge is 2.49. The number of nitrogens with one attached hydrogen (secondary N) is 1. The molecule has 4 rings (SSSR count). The lowest BCUT2D eigenvalue weighted by Crippen LogP contribution is -2.58. The number of carbonyl (C=O) groups excluding carboxylic acids is 1. The fourth-order valence-corrected chi connectivity index (χ4v) is 4.77. The van der Waals surface area contributed by atoms with E-state index in [1.165, 1.54) is 0 Å². The topological polar surface area (TPSA) is 66.0 Å². The van der Waals surface area contributed by atoms with Crippen molar-refractivity contribution in [2.45, 2.75) is 38.6 Å². The Morgan fingerprint density at radius 3 is 2.83 bits per heavy atom. The average Bonchev–Trinajstić information content (AvgIpc) is 2.99. The first-order valence-electron chi connectivity index (χ1n) is 9.99. The van der Waals surface area contributed by atoms with Crippen molar-refractivity contribution in [3.8, 4) is 0 Å². The highest BCUT2D eigenvalue weighted by molar-refractivity contribution is 6.31. The molecule has 2 atom stereocenters. The van der Waals surface area contributed by atoms with E-state index in [0.717, 1.165) is 41.5 Å². The zero-order chi connectivity index (χ0) is 20.6. The number of hydrogen-bond donors (Lipinski definition) is 2. The van der Waals surface area contributed by atoms with E-state index in [4.69, 9.17) is 23.5 Å². The summed E-state index contributed by atoms with van der Waals surface area (Å²) in [6.07, 6.45) is 3.23. The van der Waals surface area contributed by atoms with E-state index in [1.807, 2.05) is 31.2 Å². The number of nitrogens with zero attached hydrogens (tertiary/aromatic N) is 2. The summed E-state index contributed by atoms with van der Waals surface area (Å²) in [6, 6.07) is 10.6. The number of imidazole rings is 1. The molecular formula is C23H25ClN3O2+. The molecule has 150 valence electrons. The largest absolute Gasteiger partial charge is 0.390 e. The van der Waals surface area contributed by atoms with Crippen LogP contribution in [0.25, 0.3) is 11.0 Å². The van der Waals surface area contributed by atoms with E-state index in [9.17, 15) is 9.90 Å². The zero-order valence-corrected chi connectivity index (χ0v) is 17.2. The van der Waals surface area contributed by atoms with E-state index in [-0.39, 0.29) is 17.0 Å². The summed E-state index contributed by atoms with van der Waals surface area (Å²) in [7, 11) is 0. The molecule has 2 radical (unpaired) electrons. The Hall–Kier alpha value is -2.21. The monoisotopic (exact) mass is 410 g/mol. The van der Waals surface area contributed by atoms with Gasteiger partial charge in [0.1, 0.15) is 12.3 Å². The van der Waals surface area contributed by atoms with Crippen molar-refractivity contribution in [2.24, 2.45) is 0 Å². The normalized spacial score (nSPS) is 21.3. The average molecular weight is 411 g/mol. The number of fused-ring (bicyclic) bond motifs is 1. The van der Waals surface area contributed by atoms with E-state index in [2.05, 4.69) is 4.98 Å². The zero-order valence-electron chi connectivity index (χ0n) is 16.5. The number of benzene rings is 2. The molecule has 1 unspecified atom stereocenters. The predicted molar refractivity (Wildman–Crippen MR) is 116 cm³/mol. The number of aliphatic hydroxyl groups is 1. The third-order valence-electron chi connectivity index (χ3n) is 5.98. The first-order valence-corrected chi connectivity index (χ1v) is 10.4. The minimum Gasteiger partial charge on any atom is -0.390 e. The maximum absolute atomic E-state index is 13.6. The Morgan fingerprint density at radius 2 is 2.07 bits per heavy atom. The third kappa shape index (κ3) is 3.48. The number of amides is 1. The summed E-state index contributed by atoms with van der Waals surface area (Å²) in [5.41, 5.74) is 4.03. The second-order valence-corrected chi connectivity index (χ2v) is 8.26. The summed E-state index contributed by atoms with van der Waals surface area (Å²) in [5, 5.41) is 11.1. The van der Waals surface area contributed by atoms with Crippen LogP contribution >= 0.6 is 11.6 Å². The molecule has 1 aliphatic rings. The number of aromatic amines is 1. The van der Waals surface area contributed by atoms with Crippen LogP contribution in [0.15, 0.2) is 36.4 Å². The summed E-state index contributed by atoms with van der Waals surface area (Å²) in [4.78, 5) is 21.6. The minimum absolute atomic E-state index is 0.0518. The molecule has 0 bridgehead atoms. The van der Waals surface area contributed by atoms with Gasteiger partial charge in [0.2, 0.25) is 0 Å². The number of likely N-dealkylation sites (tertiary alicyclic amines) is 1.